The van der Waals surface area contributed by atoms with E-state index in [9.17, 15) is 13.2 Å². The number of carbonyl (C=O) groups excluding carboxylic acids is 1. The van der Waals surface area contributed by atoms with Crippen LogP contribution in [0.3, 0.4) is 0 Å². The normalized spacial score (nSPS) is 11.5. The van der Waals surface area contributed by atoms with Crippen LogP contribution in [0, 0.1) is 0 Å². The monoisotopic (exact) mass is 407 g/mol. The van der Waals surface area contributed by atoms with Gasteiger partial charge in [0.25, 0.3) is 0 Å². The number of fused-ring (bicyclic) bond motifs is 1. The van der Waals surface area contributed by atoms with Crippen molar-refractivity contribution in [3.63, 3.8) is 0 Å². The van der Waals surface area contributed by atoms with Gasteiger partial charge in [0.05, 0.1) is 11.3 Å². The minimum atomic E-state index is -3.28. The third kappa shape index (κ3) is 4.33. The maximum atomic E-state index is 12.3. The first-order chi connectivity index (χ1) is 13.9. The van der Waals surface area contributed by atoms with E-state index in [0.717, 1.165) is 22.6 Å². The smallest absolute Gasteiger partial charge is 0.322 e. The molecule has 1 aromatic heterocycles. The molecule has 1 N–H and O–H groups in total. The van der Waals surface area contributed by atoms with Crippen LogP contribution in [0.2, 0.25) is 0 Å². The van der Waals surface area contributed by atoms with E-state index >= 15 is 0 Å². The second-order valence-corrected chi connectivity index (χ2v) is 8.63. The Hall–Kier alpha value is -3.52. The predicted octanol–water partition coefficient (Wildman–Crippen LogP) is 3.47. The maximum Gasteiger partial charge on any atom is 0.322 e. The summed E-state index contributed by atoms with van der Waals surface area (Å²) in [6, 6.07) is 19.8. The molecular formula is C21H17N3O4S. The van der Waals surface area contributed by atoms with Gasteiger partial charge < -0.3 is 4.42 Å². The third-order valence-electron chi connectivity index (χ3n) is 4.38. The van der Waals surface area contributed by atoms with Crippen LogP contribution in [0.25, 0.3) is 22.2 Å². The average molecular weight is 407 g/mol. The molecule has 7 nitrogen and oxygen atoms in total. The average Bonchev–Trinajstić information content (AvgIpc) is 3.15. The van der Waals surface area contributed by atoms with Crippen molar-refractivity contribution in [3.05, 3.63) is 72.3 Å². The molecule has 146 valence electrons. The number of carbonyl (C=O) groups is 1. The van der Waals surface area contributed by atoms with Gasteiger partial charge in [-0.3, -0.25) is 10.1 Å². The number of hydrogen-bond donors (Lipinski definition) is 1. The Kier molecular flexibility index (Phi) is 4.85. The van der Waals surface area contributed by atoms with Crippen LogP contribution in [-0.4, -0.2) is 30.8 Å². The fraction of sp³-hybridized carbons (Fsp3) is 0.0952. The highest BCUT2D eigenvalue weighted by Gasteiger charge is 2.13. The highest BCUT2D eigenvalue weighted by Crippen LogP contribution is 2.22. The topological polar surface area (TPSA) is 102 Å². The largest absolute Gasteiger partial charge is 0.403 e. The molecule has 0 spiro atoms. The molecule has 0 aliphatic carbocycles. The number of rotatable bonds is 5. The van der Waals surface area contributed by atoms with Crippen molar-refractivity contribution >= 4 is 32.5 Å². The van der Waals surface area contributed by atoms with Gasteiger partial charge in [-0.2, -0.15) is 0 Å². The molecular weight excluding hydrogens is 390 g/mol. The zero-order valence-corrected chi connectivity index (χ0v) is 16.3. The number of nitrogens with zero attached hydrogens (tertiary/aromatic N) is 2. The zero-order chi connectivity index (χ0) is 20.4. The SMILES string of the molecule is CS(=O)(=O)c1ccc(-c2nnc(NC(=O)Cc3ccc4ccccc4c3)o2)cc1. The molecule has 0 unspecified atom stereocenters. The number of hydrogen-bond acceptors (Lipinski definition) is 6. The lowest BCUT2D eigenvalue weighted by Gasteiger charge is -2.03. The van der Waals surface area contributed by atoms with Gasteiger partial charge in [0.1, 0.15) is 0 Å². The van der Waals surface area contributed by atoms with E-state index in [1.54, 1.807) is 12.1 Å². The number of nitrogens with one attached hydrogen (secondary N) is 1. The van der Waals surface area contributed by atoms with Gasteiger partial charge in [0.15, 0.2) is 9.84 Å². The summed E-state index contributed by atoms with van der Waals surface area (Å²) in [5.74, 6) is -0.0889. The fourth-order valence-corrected chi connectivity index (χ4v) is 3.56. The molecule has 0 saturated heterocycles. The van der Waals surface area contributed by atoms with Gasteiger partial charge in [-0.15, -0.1) is 5.10 Å². The van der Waals surface area contributed by atoms with Crippen LogP contribution >= 0.6 is 0 Å². The molecule has 0 radical (unpaired) electrons. The van der Waals surface area contributed by atoms with Crippen LogP contribution in [0.1, 0.15) is 5.56 Å². The summed E-state index contributed by atoms with van der Waals surface area (Å²) >= 11 is 0. The van der Waals surface area contributed by atoms with Gasteiger partial charge in [0.2, 0.25) is 11.8 Å². The highest BCUT2D eigenvalue weighted by molar-refractivity contribution is 7.90. The molecule has 3 aromatic carbocycles. The van der Waals surface area contributed by atoms with Crippen molar-refractivity contribution in [2.75, 3.05) is 11.6 Å². The van der Waals surface area contributed by atoms with Gasteiger partial charge in [-0.25, -0.2) is 8.42 Å². The van der Waals surface area contributed by atoms with Gasteiger partial charge >= 0.3 is 6.01 Å². The standard InChI is InChI=1S/C21H17N3O4S/c1-29(26,27)18-10-8-16(9-11-18)20-23-24-21(28-20)22-19(25)13-14-6-7-15-4-2-3-5-17(15)12-14/h2-12H,13H2,1H3,(H,22,24,25). The fourth-order valence-electron chi connectivity index (χ4n) is 2.93. The molecule has 8 heteroatoms. The molecule has 0 aliphatic rings. The molecule has 4 aromatic rings. The van der Waals surface area contributed by atoms with Crippen molar-refractivity contribution in [3.8, 4) is 11.5 Å². The van der Waals surface area contributed by atoms with E-state index in [4.69, 9.17) is 4.42 Å². The minimum Gasteiger partial charge on any atom is -0.403 e. The first kappa shape index (κ1) is 18.8. The van der Waals surface area contributed by atoms with E-state index in [2.05, 4.69) is 15.5 Å². The number of amides is 1. The van der Waals surface area contributed by atoms with Crippen molar-refractivity contribution in [1.29, 1.82) is 0 Å². The lowest BCUT2D eigenvalue weighted by atomic mass is 10.1. The van der Waals surface area contributed by atoms with Gasteiger partial charge in [0, 0.05) is 11.8 Å². The summed E-state index contributed by atoms with van der Waals surface area (Å²) in [7, 11) is -3.28. The number of sulfone groups is 1. The molecule has 0 saturated carbocycles. The van der Waals surface area contributed by atoms with Gasteiger partial charge in [-0.05, 0) is 40.6 Å². The van der Waals surface area contributed by atoms with Crippen molar-refractivity contribution in [2.24, 2.45) is 0 Å². The molecule has 1 heterocycles. The van der Waals surface area contributed by atoms with Gasteiger partial charge in [-0.1, -0.05) is 47.6 Å². The molecule has 0 aliphatic heterocycles. The van der Waals surface area contributed by atoms with E-state index in [-0.39, 0.29) is 29.1 Å². The highest BCUT2D eigenvalue weighted by atomic mass is 32.2. The van der Waals surface area contributed by atoms with Crippen LogP contribution in [-0.2, 0) is 21.1 Å². The first-order valence-electron chi connectivity index (χ1n) is 8.80. The van der Waals surface area contributed by atoms with E-state index < -0.39 is 9.84 Å². The molecule has 1 amide bonds. The van der Waals surface area contributed by atoms with Crippen LogP contribution in [0.5, 0.6) is 0 Å². The second-order valence-electron chi connectivity index (χ2n) is 6.62. The maximum absolute atomic E-state index is 12.3. The number of aromatic nitrogens is 2. The third-order valence-corrected chi connectivity index (χ3v) is 5.51. The molecule has 0 atom stereocenters. The van der Waals surface area contributed by atoms with Crippen LogP contribution < -0.4 is 5.32 Å². The molecule has 0 bridgehead atoms. The Bertz CT molecular complexity index is 1300. The Morgan fingerprint density at radius 3 is 2.41 bits per heavy atom. The van der Waals surface area contributed by atoms with Crippen molar-refractivity contribution < 1.29 is 17.6 Å². The Morgan fingerprint density at radius 1 is 0.966 bits per heavy atom. The predicted molar refractivity (Wildman–Crippen MR) is 109 cm³/mol. The van der Waals surface area contributed by atoms with Crippen LogP contribution in [0.15, 0.2) is 76.0 Å². The number of anilines is 1. The second kappa shape index (κ2) is 7.48. The van der Waals surface area contributed by atoms with Crippen LogP contribution in [0.4, 0.5) is 6.01 Å². The summed E-state index contributed by atoms with van der Waals surface area (Å²) in [4.78, 5) is 12.5. The van der Waals surface area contributed by atoms with Crippen molar-refractivity contribution in [1.82, 2.24) is 10.2 Å². The minimum absolute atomic E-state index is 0.0158. The van der Waals surface area contributed by atoms with E-state index in [0.29, 0.717) is 5.56 Å². The Morgan fingerprint density at radius 2 is 1.69 bits per heavy atom. The van der Waals surface area contributed by atoms with Crippen molar-refractivity contribution in [2.45, 2.75) is 11.3 Å². The zero-order valence-electron chi connectivity index (χ0n) is 15.5. The quantitative estimate of drug-likeness (QED) is 0.543. The van der Waals surface area contributed by atoms with E-state index in [1.807, 2.05) is 42.5 Å². The van der Waals surface area contributed by atoms with E-state index in [1.165, 1.54) is 12.1 Å². The first-order valence-corrected chi connectivity index (χ1v) is 10.7. The molecule has 4 rings (SSSR count). The summed E-state index contributed by atoms with van der Waals surface area (Å²) in [5.41, 5.74) is 1.43. The summed E-state index contributed by atoms with van der Waals surface area (Å²) < 4.78 is 28.5. The lowest BCUT2D eigenvalue weighted by Crippen LogP contribution is -2.14. The Labute approximate surface area is 167 Å². The molecule has 29 heavy (non-hydrogen) atoms. The summed E-state index contributed by atoms with van der Waals surface area (Å²) in [5, 5.41) is 12.5. The number of benzene rings is 3. The lowest BCUT2D eigenvalue weighted by molar-refractivity contribution is -0.115. The summed E-state index contributed by atoms with van der Waals surface area (Å²) in [6.07, 6.45) is 1.31. The summed E-state index contributed by atoms with van der Waals surface area (Å²) in [6.45, 7) is 0. The molecule has 0 fully saturated rings. The Balaban J connectivity index is 1.44.